The van der Waals surface area contributed by atoms with Gasteiger partial charge in [-0.25, -0.2) is 0 Å². The summed E-state index contributed by atoms with van der Waals surface area (Å²) < 4.78 is 4.97. The predicted octanol–water partition coefficient (Wildman–Crippen LogP) is 6.16. The Labute approximate surface area is 148 Å². The predicted molar refractivity (Wildman–Crippen MR) is 103 cm³/mol. The fourth-order valence-electron chi connectivity index (χ4n) is 3.16. The Bertz CT molecular complexity index is 544. The molecule has 0 aromatic heterocycles. The second kappa shape index (κ2) is 9.66. The van der Waals surface area contributed by atoms with Crippen LogP contribution in [0.3, 0.4) is 0 Å². The first-order valence-electron chi connectivity index (χ1n) is 9.09. The van der Waals surface area contributed by atoms with Gasteiger partial charge in [0.15, 0.2) is 0 Å². The number of hydrogen-bond acceptors (Lipinski definition) is 2. The standard InChI is InChI=1S/C22H34O2/c1-17(9-7-10-18(2)14-16-24-20(4)23)12-13-21-19(3)11-8-15-22(21,5)6/h7,9-10,12-13,18H,8,11,14-16H2,1-6H3. The molecule has 0 heterocycles. The molecule has 0 saturated heterocycles. The lowest BCUT2D eigenvalue weighted by atomic mass is 9.72. The quantitative estimate of drug-likeness (QED) is 0.412. The Morgan fingerprint density at radius 2 is 2.04 bits per heavy atom. The summed E-state index contributed by atoms with van der Waals surface area (Å²) in [5.74, 6) is 0.196. The number of hydrogen-bond donors (Lipinski definition) is 0. The molecule has 0 radical (unpaired) electrons. The van der Waals surface area contributed by atoms with Gasteiger partial charge in [0.2, 0.25) is 0 Å². The first kappa shape index (κ1) is 20.5. The normalized spacial score (nSPS) is 20.0. The van der Waals surface area contributed by atoms with Crippen molar-refractivity contribution in [3.63, 3.8) is 0 Å². The van der Waals surface area contributed by atoms with E-state index in [1.54, 1.807) is 0 Å². The van der Waals surface area contributed by atoms with E-state index in [4.69, 9.17) is 4.74 Å². The van der Waals surface area contributed by atoms with Gasteiger partial charge in [-0.15, -0.1) is 0 Å². The summed E-state index contributed by atoms with van der Waals surface area (Å²) in [5.41, 5.74) is 4.57. The third-order valence-electron chi connectivity index (χ3n) is 4.73. The van der Waals surface area contributed by atoms with Crippen LogP contribution < -0.4 is 0 Å². The molecule has 2 nitrogen and oxygen atoms in total. The molecule has 1 aliphatic rings. The zero-order chi connectivity index (χ0) is 18.2. The van der Waals surface area contributed by atoms with Crippen LogP contribution in [0.2, 0.25) is 0 Å². The van der Waals surface area contributed by atoms with E-state index in [1.165, 1.54) is 42.9 Å². The fourth-order valence-corrected chi connectivity index (χ4v) is 3.16. The van der Waals surface area contributed by atoms with Crippen molar-refractivity contribution in [2.75, 3.05) is 6.61 Å². The molecule has 1 aliphatic carbocycles. The van der Waals surface area contributed by atoms with E-state index < -0.39 is 0 Å². The summed E-state index contributed by atoms with van der Waals surface area (Å²) in [6.45, 7) is 13.2. The minimum absolute atomic E-state index is 0.206. The second-order valence-corrected chi connectivity index (χ2v) is 7.67. The van der Waals surface area contributed by atoms with E-state index in [2.05, 4.69) is 65.0 Å². The molecule has 0 bridgehead atoms. The van der Waals surface area contributed by atoms with Crippen molar-refractivity contribution in [2.24, 2.45) is 11.3 Å². The molecule has 0 aliphatic heterocycles. The van der Waals surface area contributed by atoms with Crippen molar-refractivity contribution < 1.29 is 9.53 Å². The van der Waals surface area contributed by atoms with Gasteiger partial charge in [-0.1, -0.05) is 62.3 Å². The van der Waals surface area contributed by atoms with Crippen molar-refractivity contribution in [1.29, 1.82) is 0 Å². The van der Waals surface area contributed by atoms with Crippen LogP contribution in [0.1, 0.15) is 67.2 Å². The zero-order valence-electron chi connectivity index (χ0n) is 16.3. The van der Waals surface area contributed by atoms with Crippen molar-refractivity contribution in [1.82, 2.24) is 0 Å². The molecule has 0 N–H and O–H groups in total. The lowest BCUT2D eigenvalue weighted by Gasteiger charge is -2.32. The molecule has 0 aromatic rings. The molecule has 24 heavy (non-hydrogen) atoms. The van der Waals surface area contributed by atoms with Gasteiger partial charge in [0.05, 0.1) is 6.61 Å². The molecule has 134 valence electrons. The summed E-state index contributed by atoms with van der Waals surface area (Å²) in [6, 6.07) is 0. The molecular formula is C22H34O2. The molecule has 1 atom stereocenters. The van der Waals surface area contributed by atoms with Crippen molar-refractivity contribution >= 4 is 5.97 Å². The monoisotopic (exact) mass is 330 g/mol. The largest absolute Gasteiger partial charge is 0.466 e. The summed E-state index contributed by atoms with van der Waals surface area (Å²) in [7, 11) is 0. The third-order valence-corrected chi connectivity index (χ3v) is 4.73. The van der Waals surface area contributed by atoms with Crippen LogP contribution in [0.15, 0.2) is 47.1 Å². The highest BCUT2D eigenvalue weighted by Gasteiger charge is 2.26. The fraction of sp³-hybridized carbons (Fsp3) is 0.591. The molecule has 2 heteroatoms. The van der Waals surface area contributed by atoms with E-state index in [-0.39, 0.29) is 5.97 Å². The summed E-state index contributed by atoms with van der Waals surface area (Å²) >= 11 is 0. The average molecular weight is 331 g/mol. The Balaban J connectivity index is 2.57. The van der Waals surface area contributed by atoms with E-state index in [1.807, 2.05) is 0 Å². The van der Waals surface area contributed by atoms with Crippen LogP contribution in [0, 0.1) is 11.3 Å². The van der Waals surface area contributed by atoms with E-state index in [0.717, 1.165) is 6.42 Å². The van der Waals surface area contributed by atoms with Crippen molar-refractivity contribution in [3.05, 3.63) is 47.1 Å². The van der Waals surface area contributed by atoms with Gasteiger partial charge in [-0.3, -0.25) is 4.79 Å². The molecule has 0 aromatic carbocycles. The first-order chi connectivity index (χ1) is 11.2. The maximum atomic E-state index is 10.7. The smallest absolute Gasteiger partial charge is 0.302 e. The molecule has 0 spiro atoms. The Kier molecular flexibility index (Phi) is 8.24. The van der Waals surface area contributed by atoms with Crippen LogP contribution in [0.5, 0.6) is 0 Å². The zero-order valence-corrected chi connectivity index (χ0v) is 16.3. The Hall–Kier alpha value is -1.57. The van der Waals surface area contributed by atoms with Crippen molar-refractivity contribution in [3.8, 4) is 0 Å². The Morgan fingerprint density at radius 1 is 1.33 bits per heavy atom. The molecular weight excluding hydrogens is 296 g/mol. The number of rotatable bonds is 7. The van der Waals surface area contributed by atoms with Crippen LogP contribution in [-0.2, 0) is 9.53 Å². The van der Waals surface area contributed by atoms with Gasteiger partial charge < -0.3 is 4.74 Å². The Morgan fingerprint density at radius 3 is 2.67 bits per heavy atom. The van der Waals surface area contributed by atoms with E-state index >= 15 is 0 Å². The number of carbonyl (C=O) groups excluding carboxylic acids is 1. The van der Waals surface area contributed by atoms with Crippen LogP contribution in [0.4, 0.5) is 0 Å². The highest BCUT2D eigenvalue weighted by atomic mass is 16.5. The lowest BCUT2D eigenvalue weighted by Crippen LogP contribution is -2.19. The summed E-state index contributed by atoms with van der Waals surface area (Å²) in [5, 5.41) is 0. The number of carbonyl (C=O) groups is 1. The highest BCUT2D eigenvalue weighted by Crippen LogP contribution is 2.40. The number of allylic oxidation sites excluding steroid dienone is 8. The molecule has 0 fully saturated rings. The topological polar surface area (TPSA) is 26.3 Å². The van der Waals surface area contributed by atoms with Gasteiger partial charge >= 0.3 is 5.97 Å². The van der Waals surface area contributed by atoms with Crippen LogP contribution in [0.25, 0.3) is 0 Å². The molecule has 0 saturated carbocycles. The lowest BCUT2D eigenvalue weighted by molar-refractivity contribution is -0.141. The average Bonchev–Trinajstić information content (AvgIpc) is 2.45. The maximum Gasteiger partial charge on any atom is 0.302 e. The van der Waals surface area contributed by atoms with Crippen LogP contribution >= 0.6 is 0 Å². The highest BCUT2D eigenvalue weighted by molar-refractivity contribution is 5.65. The summed E-state index contributed by atoms with van der Waals surface area (Å²) in [4.78, 5) is 10.7. The molecule has 0 amide bonds. The van der Waals surface area contributed by atoms with Gasteiger partial charge in [0.1, 0.15) is 0 Å². The second-order valence-electron chi connectivity index (χ2n) is 7.67. The van der Waals surface area contributed by atoms with Gasteiger partial charge in [0.25, 0.3) is 0 Å². The first-order valence-corrected chi connectivity index (χ1v) is 9.09. The van der Waals surface area contributed by atoms with Crippen molar-refractivity contribution in [2.45, 2.75) is 67.2 Å². The van der Waals surface area contributed by atoms with Gasteiger partial charge in [-0.2, -0.15) is 0 Å². The number of esters is 1. The van der Waals surface area contributed by atoms with Gasteiger partial charge in [-0.05, 0) is 56.4 Å². The molecule has 1 rings (SSSR count). The SMILES string of the molecule is CC(=O)OCCC(C)C=CC=C(C)C=CC1=C(C)CCCC1(C)C. The van der Waals surface area contributed by atoms with E-state index in [9.17, 15) is 4.79 Å². The summed E-state index contributed by atoms with van der Waals surface area (Å²) in [6.07, 6.45) is 15.6. The van der Waals surface area contributed by atoms with E-state index in [0.29, 0.717) is 17.9 Å². The van der Waals surface area contributed by atoms with Gasteiger partial charge in [0, 0.05) is 6.92 Å². The molecule has 1 unspecified atom stereocenters. The number of ether oxygens (including phenoxy) is 1. The minimum atomic E-state index is -0.206. The third kappa shape index (κ3) is 7.33. The maximum absolute atomic E-state index is 10.7. The van der Waals surface area contributed by atoms with Crippen LogP contribution in [-0.4, -0.2) is 12.6 Å². The minimum Gasteiger partial charge on any atom is -0.466 e.